The molecule has 4 rings (SSSR count). The van der Waals surface area contributed by atoms with Crippen molar-refractivity contribution in [1.29, 1.82) is 0 Å². The normalized spacial score (nSPS) is 14.0. The molecule has 1 amide bonds. The van der Waals surface area contributed by atoms with Crippen LogP contribution in [0.4, 0.5) is 0 Å². The van der Waals surface area contributed by atoms with Gasteiger partial charge < -0.3 is 10.6 Å². The van der Waals surface area contributed by atoms with Gasteiger partial charge in [-0.3, -0.25) is 4.79 Å². The van der Waals surface area contributed by atoms with Crippen LogP contribution in [0.15, 0.2) is 60.8 Å². The van der Waals surface area contributed by atoms with Crippen LogP contribution in [0, 0.1) is 5.92 Å². The van der Waals surface area contributed by atoms with Gasteiger partial charge in [0.25, 0.3) is 5.91 Å². The number of para-hydroxylation sites is 1. The van der Waals surface area contributed by atoms with Crippen LogP contribution in [-0.2, 0) is 6.42 Å². The number of rotatable bonds is 6. The topological polar surface area (TPSA) is 59.0 Å². The van der Waals surface area contributed by atoms with Gasteiger partial charge in [0, 0.05) is 37.3 Å². The maximum Gasteiger partial charge on any atom is 0.255 e. The third kappa shape index (κ3) is 3.78. The van der Waals surface area contributed by atoms with Gasteiger partial charge >= 0.3 is 0 Å². The van der Waals surface area contributed by atoms with Gasteiger partial charge in [-0.05, 0) is 24.1 Å². The molecular formula is C22H24N4O. The molecule has 2 N–H and O–H groups in total. The van der Waals surface area contributed by atoms with Crippen molar-refractivity contribution in [3.63, 3.8) is 0 Å². The molecule has 138 valence electrons. The highest BCUT2D eigenvalue weighted by Gasteiger charge is 2.21. The second kappa shape index (κ2) is 7.76. The molecule has 2 heterocycles. The van der Waals surface area contributed by atoms with Crippen molar-refractivity contribution in [2.24, 2.45) is 5.92 Å². The zero-order chi connectivity index (χ0) is 18.6. The maximum absolute atomic E-state index is 12.9. The second-order valence-corrected chi connectivity index (χ2v) is 6.96. The first-order valence-corrected chi connectivity index (χ1v) is 9.48. The summed E-state index contributed by atoms with van der Waals surface area (Å²) in [7, 11) is 0. The third-order valence-electron chi connectivity index (χ3n) is 5.03. The fraction of sp³-hybridized carbons (Fsp3) is 0.273. The molecule has 0 spiro atoms. The van der Waals surface area contributed by atoms with Crippen LogP contribution in [0.2, 0.25) is 0 Å². The molecular weight excluding hydrogens is 336 g/mol. The van der Waals surface area contributed by atoms with E-state index in [1.165, 1.54) is 5.56 Å². The Bertz CT molecular complexity index is 911. The number of carbonyl (C=O) groups excluding carboxylic acids is 1. The molecule has 3 aromatic rings. The Morgan fingerprint density at radius 2 is 1.89 bits per heavy atom. The quantitative estimate of drug-likeness (QED) is 0.710. The minimum atomic E-state index is -0.0707. The number of nitrogens with one attached hydrogen (secondary N) is 2. The summed E-state index contributed by atoms with van der Waals surface area (Å²) in [5.74, 6) is 0.448. The molecule has 27 heavy (non-hydrogen) atoms. The fourth-order valence-corrected chi connectivity index (χ4v) is 3.19. The predicted molar refractivity (Wildman–Crippen MR) is 107 cm³/mol. The number of hydrogen-bond donors (Lipinski definition) is 2. The summed E-state index contributed by atoms with van der Waals surface area (Å²) in [6.45, 7) is 4.76. The highest BCUT2D eigenvalue weighted by Crippen LogP contribution is 2.24. The standard InChI is InChI=1S/C22H24N4O/c1-2-16-8-10-18(11-9-16)21-20(22(27)24-14-17-12-23-13-17)15-26(25-21)19-6-4-3-5-7-19/h3-11,15,17,23H,2,12-14H2,1H3,(H,24,27). The Morgan fingerprint density at radius 3 is 2.52 bits per heavy atom. The van der Waals surface area contributed by atoms with Gasteiger partial charge in [-0.1, -0.05) is 49.4 Å². The van der Waals surface area contributed by atoms with Crippen LogP contribution < -0.4 is 10.6 Å². The number of aryl methyl sites for hydroxylation is 1. The summed E-state index contributed by atoms with van der Waals surface area (Å²) in [4.78, 5) is 12.9. The number of hydrogen-bond acceptors (Lipinski definition) is 3. The molecule has 5 heteroatoms. The highest BCUT2D eigenvalue weighted by atomic mass is 16.1. The molecule has 0 atom stereocenters. The minimum absolute atomic E-state index is 0.0707. The molecule has 1 aromatic heterocycles. The van der Waals surface area contributed by atoms with Crippen LogP contribution in [0.25, 0.3) is 16.9 Å². The molecule has 0 radical (unpaired) electrons. The lowest BCUT2D eigenvalue weighted by molar-refractivity contribution is 0.0943. The van der Waals surface area contributed by atoms with E-state index < -0.39 is 0 Å². The minimum Gasteiger partial charge on any atom is -0.352 e. The van der Waals surface area contributed by atoms with Gasteiger partial charge in [0.05, 0.1) is 11.3 Å². The highest BCUT2D eigenvalue weighted by molar-refractivity contribution is 6.00. The Hall–Kier alpha value is -2.92. The molecule has 5 nitrogen and oxygen atoms in total. The Morgan fingerprint density at radius 1 is 1.15 bits per heavy atom. The van der Waals surface area contributed by atoms with Crippen molar-refractivity contribution in [3.8, 4) is 16.9 Å². The van der Waals surface area contributed by atoms with Crippen molar-refractivity contribution < 1.29 is 4.79 Å². The number of aromatic nitrogens is 2. The Labute approximate surface area is 159 Å². The van der Waals surface area contributed by atoms with Crippen LogP contribution in [-0.4, -0.2) is 35.3 Å². The molecule has 0 aliphatic carbocycles. The van der Waals surface area contributed by atoms with Gasteiger partial charge in [-0.15, -0.1) is 0 Å². The maximum atomic E-state index is 12.9. The lowest BCUT2D eigenvalue weighted by Crippen LogP contribution is -2.48. The monoisotopic (exact) mass is 360 g/mol. The average molecular weight is 360 g/mol. The van der Waals surface area contributed by atoms with Gasteiger partial charge in [0.2, 0.25) is 0 Å². The van der Waals surface area contributed by atoms with E-state index in [9.17, 15) is 4.79 Å². The largest absolute Gasteiger partial charge is 0.352 e. The summed E-state index contributed by atoms with van der Waals surface area (Å²) >= 11 is 0. The van der Waals surface area contributed by atoms with Crippen LogP contribution in [0.3, 0.4) is 0 Å². The summed E-state index contributed by atoms with van der Waals surface area (Å²) in [5, 5.41) is 11.0. The first-order valence-electron chi connectivity index (χ1n) is 9.48. The lowest BCUT2D eigenvalue weighted by atomic mass is 10.0. The summed E-state index contributed by atoms with van der Waals surface area (Å²) in [6, 6.07) is 18.2. The first kappa shape index (κ1) is 17.5. The second-order valence-electron chi connectivity index (χ2n) is 6.96. The SMILES string of the molecule is CCc1ccc(-c2nn(-c3ccccc3)cc2C(=O)NCC2CNC2)cc1. The van der Waals surface area contributed by atoms with Crippen molar-refractivity contribution in [2.45, 2.75) is 13.3 Å². The lowest BCUT2D eigenvalue weighted by Gasteiger charge is -2.27. The third-order valence-corrected chi connectivity index (χ3v) is 5.03. The smallest absolute Gasteiger partial charge is 0.255 e. The van der Waals surface area contributed by atoms with Crippen LogP contribution in [0.1, 0.15) is 22.8 Å². The molecule has 0 unspecified atom stereocenters. The van der Waals surface area contributed by atoms with E-state index >= 15 is 0 Å². The zero-order valence-corrected chi connectivity index (χ0v) is 15.5. The predicted octanol–water partition coefficient (Wildman–Crippen LogP) is 3.05. The Balaban J connectivity index is 1.67. The van der Waals surface area contributed by atoms with Crippen molar-refractivity contribution in [2.75, 3.05) is 19.6 Å². The average Bonchev–Trinajstić information content (AvgIpc) is 3.13. The van der Waals surface area contributed by atoms with E-state index in [4.69, 9.17) is 5.10 Å². The molecule has 0 saturated carbocycles. The van der Waals surface area contributed by atoms with Gasteiger partial charge in [-0.2, -0.15) is 5.10 Å². The first-order chi connectivity index (χ1) is 13.2. The zero-order valence-electron chi connectivity index (χ0n) is 15.5. The fourth-order valence-electron chi connectivity index (χ4n) is 3.19. The summed E-state index contributed by atoms with van der Waals surface area (Å²) < 4.78 is 1.78. The van der Waals surface area contributed by atoms with E-state index in [0.717, 1.165) is 30.8 Å². The van der Waals surface area contributed by atoms with E-state index in [1.807, 2.05) is 48.7 Å². The van der Waals surface area contributed by atoms with Crippen LogP contribution >= 0.6 is 0 Å². The van der Waals surface area contributed by atoms with Gasteiger partial charge in [0.15, 0.2) is 0 Å². The van der Waals surface area contributed by atoms with Gasteiger partial charge in [-0.25, -0.2) is 4.68 Å². The molecule has 0 bridgehead atoms. The number of benzene rings is 2. The van der Waals surface area contributed by atoms with E-state index in [2.05, 4.69) is 29.7 Å². The number of carbonyl (C=O) groups is 1. The van der Waals surface area contributed by atoms with E-state index in [1.54, 1.807) is 4.68 Å². The molecule has 1 aliphatic heterocycles. The van der Waals surface area contributed by atoms with Crippen molar-refractivity contribution in [3.05, 3.63) is 71.9 Å². The summed E-state index contributed by atoms with van der Waals surface area (Å²) in [5.41, 5.74) is 4.48. The summed E-state index contributed by atoms with van der Waals surface area (Å²) in [6.07, 6.45) is 2.81. The van der Waals surface area contributed by atoms with Gasteiger partial charge in [0.1, 0.15) is 5.69 Å². The molecule has 1 saturated heterocycles. The van der Waals surface area contributed by atoms with E-state index in [0.29, 0.717) is 23.7 Å². The molecule has 1 aliphatic rings. The van der Waals surface area contributed by atoms with Crippen LogP contribution in [0.5, 0.6) is 0 Å². The van der Waals surface area contributed by atoms with Crippen molar-refractivity contribution >= 4 is 5.91 Å². The van der Waals surface area contributed by atoms with E-state index in [-0.39, 0.29) is 5.91 Å². The molecule has 2 aromatic carbocycles. The Kier molecular flexibility index (Phi) is 5.03. The number of amides is 1. The molecule has 1 fully saturated rings. The van der Waals surface area contributed by atoms with Crippen molar-refractivity contribution in [1.82, 2.24) is 20.4 Å². The number of nitrogens with zero attached hydrogens (tertiary/aromatic N) is 2.